The first-order valence-electron chi connectivity index (χ1n) is 9.75. The Hall–Kier alpha value is -2.14. The molecule has 2 amide bonds. The summed E-state index contributed by atoms with van der Waals surface area (Å²) in [5.74, 6) is -3.52. The lowest BCUT2D eigenvalue weighted by atomic mass is 9.85. The number of hydrogen-bond donors (Lipinski definition) is 3. The van der Waals surface area contributed by atoms with Crippen LogP contribution in [0.5, 0.6) is 0 Å². The predicted octanol–water partition coefficient (Wildman–Crippen LogP) is -0.797. The third-order valence-electron chi connectivity index (χ3n) is 5.35. The fraction of sp³-hybridized carbons (Fsp3) is 0.722. The summed E-state index contributed by atoms with van der Waals surface area (Å²) in [5.41, 5.74) is 11.6. The van der Waals surface area contributed by atoms with E-state index >= 15 is 0 Å². The normalized spacial score (nSPS) is 25.0. The van der Waals surface area contributed by atoms with Crippen LogP contribution in [0.1, 0.15) is 39.0 Å². The number of ether oxygens (including phenoxy) is 1. The molecule has 164 valence electrons. The van der Waals surface area contributed by atoms with E-state index in [1.807, 2.05) is 16.5 Å². The quantitative estimate of drug-likeness (QED) is 0.401. The van der Waals surface area contributed by atoms with Gasteiger partial charge in [-0.15, -0.1) is 0 Å². The van der Waals surface area contributed by atoms with Crippen LogP contribution in [0.15, 0.2) is 11.8 Å². The van der Waals surface area contributed by atoms with E-state index in [0.29, 0.717) is 37.8 Å². The lowest BCUT2D eigenvalue weighted by molar-refractivity contribution is -0.148. The second-order valence-corrected chi connectivity index (χ2v) is 9.46. The molecule has 11 heteroatoms. The monoisotopic (exact) mass is 430 g/mol. The zero-order valence-corrected chi connectivity index (χ0v) is 17.6. The Labute approximate surface area is 171 Å². The van der Waals surface area contributed by atoms with Gasteiger partial charge in [-0.05, 0) is 25.2 Å². The third-order valence-corrected chi connectivity index (χ3v) is 6.48. The molecule has 1 heterocycles. The number of unbranched alkanes of at least 4 members (excludes halogenated alkanes) is 1. The van der Waals surface area contributed by atoms with Crippen LogP contribution in [0.4, 0.5) is 0 Å². The summed E-state index contributed by atoms with van der Waals surface area (Å²) in [5, 5.41) is 0. The van der Waals surface area contributed by atoms with Crippen LogP contribution >= 0.6 is 0 Å². The van der Waals surface area contributed by atoms with Crippen LogP contribution in [0.3, 0.4) is 0 Å². The molecule has 0 saturated heterocycles. The predicted molar refractivity (Wildman–Crippen MR) is 105 cm³/mol. The largest absolute Gasteiger partial charge is 0.461 e. The van der Waals surface area contributed by atoms with Crippen molar-refractivity contribution < 1.29 is 27.5 Å². The molecule has 5 N–H and O–H groups in total. The molecule has 3 unspecified atom stereocenters. The zero-order chi connectivity index (χ0) is 21.8. The van der Waals surface area contributed by atoms with Gasteiger partial charge in [-0.3, -0.25) is 19.1 Å². The maximum absolute atomic E-state index is 12.2. The SMILES string of the molecule is CCCC[C@H](N)C(=O)NS(=O)(=O)CC(=O)OC1CCC2C(C(N)=O)=CN(C)CC12. The number of sulfonamides is 1. The van der Waals surface area contributed by atoms with Crippen molar-refractivity contribution in [3.8, 4) is 0 Å². The summed E-state index contributed by atoms with van der Waals surface area (Å²) < 4.78 is 31.5. The molecular weight excluding hydrogens is 400 g/mol. The summed E-state index contributed by atoms with van der Waals surface area (Å²) in [6.45, 7) is 2.49. The molecule has 0 aromatic carbocycles. The van der Waals surface area contributed by atoms with E-state index in [1.54, 1.807) is 13.2 Å². The van der Waals surface area contributed by atoms with Crippen LogP contribution in [-0.2, 0) is 29.1 Å². The molecule has 2 rings (SSSR count). The highest BCUT2D eigenvalue weighted by molar-refractivity contribution is 7.90. The number of carbonyl (C=O) groups excluding carboxylic acids is 3. The minimum Gasteiger partial charge on any atom is -0.461 e. The first-order valence-corrected chi connectivity index (χ1v) is 11.4. The number of rotatable bonds is 9. The molecule has 0 radical (unpaired) electrons. The molecule has 29 heavy (non-hydrogen) atoms. The highest BCUT2D eigenvalue weighted by Crippen LogP contribution is 2.41. The highest BCUT2D eigenvalue weighted by Gasteiger charge is 2.44. The van der Waals surface area contributed by atoms with Crippen molar-refractivity contribution in [1.82, 2.24) is 9.62 Å². The van der Waals surface area contributed by atoms with Crippen LogP contribution in [-0.4, -0.2) is 62.6 Å². The minimum atomic E-state index is -4.21. The third kappa shape index (κ3) is 6.17. The van der Waals surface area contributed by atoms with Crippen LogP contribution in [0, 0.1) is 11.8 Å². The van der Waals surface area contributed by atoms with E-state index in [9.17, 15) is 22.8 Å². The molecular formula is C18H30N4O6S. The van der Waals surface area contributed by atoms with Gasteiger partial charge in [0, 0.05) is 31.3 Å². The summed E-state index contributed by atoms with van der Waals surface area (Å²) >= 11 is 0. The Morgan fingerprint density at radius 2 is 2.03 bits per heavy atom. The molecule has 0 spiro atoms. The lowest BCUT2D eigenvalue weighted by Gasteiger charge is -2.34. The van der Waals surface area contributed by atoms with E-state index in [1.165, 1.54) is 0 Å². The molecule has 1 saturated carbocycles. The van der Waals surface area contributed by atoms with Crippen LogP contribution < -0.4 is 16.2 Å². The van der Waals surface area contributed by atoms with Gasteiger partial charge in [0.2, 0.25) is 21.8 Å². The number of nitrogens with one attached hydrogen (secondary N) is 1. The Balaban J connectivity index is 1.93. The number of fused-ring (bicyclic) bond motifs is 1. The fourth-order valence-electron chi connectivity index (χ4n) is 3.95. The molecule has 0 bridgehead atoms. The molecule has 10 nitrogen and oxygen atoms in total. The van der Waals surface area contributed by atoms with Gasteiger partial charge in [0.25, 0.3) is 0 Å². The van der Waals surface area contributed by atoms with Crippen molar-refractivity contribution in [3.63, 3.8) is 0 Å². The van der Waals surface area contributed by atoms with Crippen molar-refractivity contribution in [2.45, 2.75) is 51.2 Å². The van der Waals surface area contributed by atoms with Gasteiger partial charge in [0.15, 0.2) is 5.75 Å². The topological polar surface area (TPSA) is 162 Å². The molecule has 2 aliphatic rings. The Kier molecular flexibility index (Phi) is 7.64. The van der Waals surface area contributed by atoms with Gasteiger partial charge >= 0.3 is 5.97 Å². The van der Waals surface area contributed by atoms with E-state index < -0.39 is 45.7 Å². The number of primary amides is 1. The van der Waals surface area contributed by atoms with Crippen molar-refractivity contribution in [3.05, 3.63) is 11.8 Å². The lowest BCUT2D eigenvalue weighted by Crippen LogP contribution is -2.45. The summed E-state index contributed by atoms with van der Waals surface area (Å²) in [7, 11) is -2.42. The number of nitrogens with two attached hydrogens (primary N) is 2. The number of nitrogens with zero attached hydrogens (tertiary/aromatic N) is 1. The first kappa shape index (κ1) is 23.1. The van der Waals surface area contributed by atoms with E-state index in [2.05, 4.69) is 0 Å². The second kappa shape index (κ2) is 9.57. The highest BCUT2D eigenvalue weighted by atomic mass is 32.2. The number of amides is 2. The zero-order valence-electron chi connectivity index (χ0n) is 16.8. The number of hydrogen-bond acceptors (Lipinski definition) is 8. The molecule has 0 aromatic rings. The summed E-state index contributed by atoms with van der Waals surface area (Å²) in [4.78, 5) is 37.6. The van der Waals surface area contributed by atoms with Crippen molar-refractivity contribution >= 4 is 27.8 Å². The number of carbonyl (C=O) groups is 3. The van der Waals surface area contributed by atoms with E-state index in [4.69, 9.17) is 16.2 Å². The van der Waals surface area contributed by atoms with Crippen molar-refractivity contribution in [2.75, 3.05) is 19.3 Å². The molecule has 1 fully saturated rings. The summed E-state index contributed by atoms with van der Waals surface area (Å²) in [6, 6.07) is -0.951. The smallest absolute Gasteiger partial charge is 0.323 e. The average Bonchev–Trinajstić information content (AvgIpc) is 3.00. The maximum Gasteiger partial charge on any atom is 0.323 e. The first-order chi connectivity index (χ1) is 13.5. The van der Waals surface area contributed by atoms with Gasteiger partial charge < -0.3 is 21.1 Å². The number of esters is 1. The van der Waals surface area contributed by atoms with Crippen molar-refractivity contribution in [1.29, 1.82) is 0 Å². The van der Waals surface area contributed by atoms with E-state index in [-0.39, 0.29) is 11.8 Å². The molecule has 4 atom stereocenters. The van der Waals surface area contributed by atoms with Gasteiger partial charge in [-0.1, -0.05) is 19.8 Å². The molecule has 1 aliphatic heterocycles. The molecule has 1 aliphatic carbocycles. The van der Waals surface area contributed by atoms with Gasteiger partial charge in [-0.25, -0.2) is 8.42 Å². The van der Waals surface area contributed by atoms with Gasteiger partial charge in [0.05, 0.1) is 6.04 Å². The van der Waals surface area contributed by atoms with Crippen LogP contribution in [0.2, 0.25) is 0 Å². The van der Waals surface area contributed by atoms with Gasteiger partial charge in [-0.2, -0.15) is 0 Å². The molecule has 0 aromatic heterocycles. The maximum atomic E-state index is 12.2. The van der Waals surface area contributed by atoms with E-state index in [0.717, 1.165) is 6.42 Å². The Bertz CT molecular complexity index is 781. The average molecular weight is 431 g/mol. The Morgan fingerprint density at radius 1 is 1.34 bits per heavy atom. The summed E-state index contributed by atoms with van der Waals surface area (Å²) in [6.07, 6.45) is 4.19. The van der Waals surface area contributed by atoms with Gasteiger partial charge in [0.1, 0.15) is 6.10 Å². The van der Waals surface area contributed by atoms with Crippen LogP contribution in [0.25, 0.3) is 0 Å². The van der Waals surface area contributed by atoms with Crippen molar-refractivity contribution in [2.24, 2.45) is 23.3 Å². The standard InChI is InChI=1S/C18H30N4O6S/c1-3-4-5-14(19)18(25)21-29(26,27)10-16(23)28-15-7-6-11-12(15)8-22(2)9-13(11)17(20)24/h9,11-12,14-15H,3-8,10,19H2,1-2H3,(H2,20,24)(H,21,25)/t11?,12?,14-,15?/m0/s1. The second-order valence-electron chi connectivity index (χ2n) is 7.74. The Morgan fingerprint density at radius 3 is 2.66 bits per heavy atom. The minimum absolute atomic E-state index is 0.116. The fourth-order valence-corrected chi connectivity index (χ4v) is 4.86.